The Balaban J connectivity index is 1.52. The fourth-order valence-electron chi connectivity index (χ4n) is 4.02. The lowest BCUT2D eigenvalue weighted by molar-refractivity contribution is -0.136. The highest BCUT2D eigenvalue weighted by Gasteiger charge is 2.45. The SMILES string of the molecule is O=C1CCC(N2C(=O)c3cccc(CNCC4(F)CCNC4)c3C2=O)C(=O)N1. The van der Waals surface area contributed by atoms with E-state index in [0.29, 0.717) is 18.5 Å². The van der Waals surface area contributed by atoms with Crippen LogP contribution in [0.5, 0.6) is 0 Å². The van der Waals surface area contributed by atoms with Gasteiger partial charge < -0.3 is 10.6 Å². The van der Waals surface area contributed by atoms with Crippen molar-refractivity contribution < 1.29 is 23.6 Å². The number of nitrogens with zero attached hydrogens (tertiary/aromatic N) is 1. The largest absolute Gasteiger partial charge is 0.313 e. The third kappa shape index (κ3) is 3.20. The average molecular weight is 388 g/mol. The minimum absolute atomic E-state index is 0.0742. The molecule has 4 rings (SSSR count). The van der Waals surface area contributed by atoms with Gasteiger partial charge in [0.1, 0.15) is 11.7 Å². The lowest BCUT2D eigenvalue weighted by Gasteiger charge is -2.27. The van der Waals surface area contributed by atoms with Crippen LogP contribution >= 0.6 is 0 Å². The van der Waals surface area contributed by atoms with Crippen molar-refractivity contribution in [2.75, 3.05) is 19.6 Å². The van der Waals surface area contributed by atoms with Crippen molar-refractivity contribution in [1.29, 1.82) is 0 Å². The molecule has 0 spiro atoms. The summed E-state index contributed by atoms with van der Waals surface area (Å²) in [5.74, 6) is -2.15. The van der Waals surface area contributed by atoms with Gasteiger partial charge in [-0.2, -0.15) is 0 Å². The monoisotopic (exact) mass is 388 g/mol. The van der Waals surface area contributed by atoms with Gasteiger partial charge in [-0.25, -0.2) is 4.39 Å². The number of piperidine rings is 1. The molecule has 0 radical (unpaired) electrons. The number of alkyl halides is 1. The number of fused-ring (bicyclic) bond motifs is 1. The first-order chi connectivity index (χ1) is 13.4. The third-order valence-corrected chi connectivity index (χ3v) is 5.50. The number of amides is 4. The molecule has 0 bridgehead atoms. The molecule has 3 aliphatic heterocycles. The molecule has 1 aromatic carbocycles. The summed E-state index contributed by atoms with van der Waals surface area (Å²) in [6.45, 7) is 1.29. The Morgan fingerprint density at radius 3 is 2.75 bits per heavy atom. The molecule has 0 aromatic heterocycles. The van der Waals surface area contributed by atoms with Crippen LogP contribution in [0, 0.1) is 0 Å². The number of halogens is 1. The predicted octanol–water partition coefficient (Wildman–Crippen LogP) is -0.121. The van der Waals surface area contributed by atoms with Gasteiger partial charge in [0.25, 0.3) is 11.8 Å². The van der Waals surface area contributed by atoms with Gasteiger partial charge in [0.05, 0.1) is 11.1 Å². The van der Waals surface area contributed by atoms with Crippen molar-refractivity contribution in [1.82, 2.24) is 20.9 Å². The first-order valence-corrected chi connectivity index (χ1v) is 9.33. The first kappa shape index (κ1) is 18.7. The highest BCUT2D eigenvalue weighted by Crippen LogP contribution is 2.30. The Morgan fingerprint density at radius 2 is 2.04 bits per heavy atom. The van der Waals surface area contributed by atoms with Crippen molar-refractivity contribution in [3.05, 3.63) is 34.9 Å². The summed E-state index contributed by atoms with van der Waals surface area (Å²) < 4.78 is 14.5. The summed E-state index contributed by atoms with van der Waals surface area (Å²) in [6.07, 6.45) is 0.611. The van der Waals surface area contributed by atoms with E-state index in [-0.39, 0.29) is 43.6 Å². The van der Waals surface area contributed by atoms with E-state index in [0.717, 1.165) is 4.90 Å². The number of rotatable bonds is 5. The summed E-state index contributed by atoms with van der Waals surface area (Å²) in [4.78, 5) is 50.2. The van der Waals surface area contributed by atoms with Gasteiger partial charge in [0.2, 0.25) is 11.8 Å². The molecule has 0 saturated carbocycles. The normalized spacial score (nSPS) is 27.3. The first-order valence-electron chi connectivity index (χ1n) is 9.33. The number of hydrogen-bond acceptors (Lipinski definition) is 6. The third-order valence-electron chi connectivity index (χ3n) is 5.50. The second-order valence-corrected chi connectivity index (χ2v) is 7.47. The van der Waals surface area contributed by atoms with Crippen LogP contribution in [0.1, 0.15) is 45.5 Å². The van der Waals surface area contributed by atoms with Crippen LogP contribution < -0.4 is 16.0 Å². The molecule has 2 atom stereocenters. The van der Waals surface area contributed by atoms with E-state index in [4.69, 9.17) is 0 Å². The summed E-state index contributed by atoms with van der Waals surface area (Å²) >= 11 is 0. The second kappa shape index (κ2) is 7.06. The van der Waals surface area contributed by atoms with Gasteiger partial charge in [0.15, 0.2) is 0 Å². The summed E-state index contributed by atoms with van der Waals surface area (Å²) in [5.41, 5.74) is -0.273. The molecule has 1 aromatic rings. The molecule has 2 saturated heterocycles. The van der Waals surface area contributed by atoms with Crippen LogP contribution in [0.2, 0.25) is 0 Å². The Bertz CT molecular complexity index is 865. The molecule has 2 fully saturated rings. The van der Waals surface area contributed by atoms with Crippen molar-refractivity contribution in [3.63, 3.8) is 0 Å². The number of hydrogen-bond donors (Lipinski definition) is 3. The number of imide groups is 2. The highest BCUT2D eigenvalue weighted by molar-refractivity contribution is 6.24. The lowest BCUT2D eigenvalue weighted by Crippen LogP contribution is -2.54. The van der Waals surface area contributed by atoms with Crippen LogP contribution in [-0.4, -0.2) is 59.9 Å². The maximum Gasteiger partial charge on any atom is 0.262 e. The molecule has 4 amide bonds. The van der Waals surface area contributed by atoms with Crippen molar-refractivity contribution in [2.24, 2.45) is 0 Å². The van der Waals surface area contributed by atoms with E-state index in [1.165, 1.54) is 0 Å². The zero-order chi connectivity index (χ0) is 19.9. The van der Waals surface area contributed by atoms with Crippen LogP contribution in [0.25, 0.3) is 0 Å². The fraction of sp³-hybridized carbons (Fsp3) is 0.474. The smallest absolute Gasteiger partial charge is 0.262 e. The van der Waals surface area contributed by atoms with E-state index in [2.05, 4.69) is 16.0 Å². The van der Waals surface area contributed by atoms with Crippen molar-refractivity contribution >= 4 is 23.6 Å². The summed E-state index contributed by atoms with van der Waals surface area (Å²) in [5, 5.41) is 8.19. The topological polar surface area (TPSA) is 108 Å². The van der Waals surface area contributed by atoms with Crippen molar-refractivity contribution in [3.8, 4) is 0 Å². The minimum atomic E-state index is -1.32. The Morgan fingerprint density at radius 1 is 1.21 bits per heavy atom. The molecule has 2 unspecified atom stereocenters. The molecule has 0 aliphatic carbocycles. The highest BCUT2D eigenvalue weighted by atomic mass is 19.1. The second-order valence-electron chi connectivity index (χ2n) is 7.47. The maximum atomic E-state index is 14.5. The van der Waals surface area contributed by atoms with Crippen LogP contribution in [0.15, 0.2) is 18.2 Å². The summed E-state index contributed by atoms with van der Waals surface area (Å²) in [6, 6.07) is 3.92. The van der Waals surface area contributed by atoms with E-state index in [9.17, 15) is 23.6 Å². The zero-order valence-corrected chi connectivity index (χ0v) is 15.2. The molecule has 148 valence electrons. The maximum absolute atomic E-state index is 14.5. The van der Waals surface area contributed by atoms with E-state index in [1.54, 1.807) is 18.2 Å². The molecular formula is C19H21FN4O4. The van der Waals surface area contributed by atoms with E-state index in [1.807, 2.05) is 0 Å². The fourth-order valence-corrected chi connectivity index (χ4v) is 4.02. The van der Waals surface area contributed by atoms with Gasteiger partial charge in [-0.1, -0.05) is 12.1 Å². The number of carbonyl (C=O) groups excluding carboxylic acids is 4. The molecule has 3 aliphatic rings. The van der Waals surface area contributed by atoms with Crippen LogP contribution in [-0.2, 0) is 16.1 Å². The number of nitrogens with one attached hydrogen (secondary N) is 3. The van der Waals surface area contributed by atoms with Gasteiger partial charge in [-0.05, 0) is 31.0 Å². The number of carbonyl (C=O) groups is 4. The average Bonchev–Trinajstić information content (AvgIpc) is 3.19. The van der Waals surface area contributed by atoms with Crippen LogP contribution in [0.3, 0.4) is 0 Å². The predicted molar refractivity (Wildman–Crippen MR) is 96.1 cm³/mol. The molecule has 9 heteroatoms. The zero-order valence-electron chi connectivity index (χ0n) is 15.2. The Labute approximate surface area is 160 Å². The van der Waals surface area contributed by atoms with Gasteiger partial charge >= 0.3 is 0 Å². The summed E-state index contributed by atoms with van der Waals surface area (Å²) in [7, 11) is 0. The molecule has 8 nitrogen and oxygen atoms in total. The lowest BCUT2D eigenvalue weighted by atomic mass is 10.0. The standard InChI is InChI=1S/C19H21FN4O4/c20-19(6-7-21-9-19)10-22-8-11-2-1-3-12-15(11)18(28)24(17(12)27)13-4-5-14(25)23-16(13)26/h1-3,13,21-22H,4-10H2,(H,23,25,26). The van der Waals surface area contributed by atoms with Gasteiger partial charge in [0, 0.05) is 26.1 Å². The van der Waals surface area contributed by atoms with Crippen molar-refractivity contribution in [2.45, 2.75) is 37.5 Å². The molecule has 3 N–H and O–H groups in total. The van der Waals surface area contributed by atoms with E-state index >= 15 is 0 Å². The number of benzene rings is 1. The molecule has 3 heterocycles. The molecular weight excluding hydrogens is 367 g/mol. The van der Waals surface area contributed by atoms with Gasteiger partial charge in [-0.15, -0.1) is 0 Å². The molecule has 28 heavy (non-hydrogen) atoms. The Hall–Kier alpha value is -2.65. The van der Waals surface area contributed by atoms with E-state index < -0.39 is 35.3 Å². The van der Waals surface area contributed by atoms with Crippen LogP contribution in [0.4, 0.5) is 4.39 Å². The minimum Gasteiger partial charge on any atom is -0.313 e. The van der Waals surface area contributed by atoms with Gasteiger partial charge in [-0.3, -0.25) is 29.4 Å². The quantitative estimate of drug-likeness (QED) is 0.607. The Kier molecular flexibility index (Phi) is 4.72.